The highest BCUT2D eigenvalue weighted by atomic mass is 35.5. The van der Waals surface area contributed by atoms with Gasteiger partial charge in [-0.2, -0.15) is 0 Å². The smallest absolute Gasteiger partial charge is 0.317 e. The summed E-state index contributed by atoms with van der Waals surface area (Å²) < 4.78 is 13.2. The van der Waals surface area contributed by atoms with E-state index in [4.69, 9.17) is 11.6 Å². The lowest BCUT2D eigenvalue weighted by Crippen LogP contribution is -2.46. The zero-order valence-corrected chi connectivity index (χ0v) is 14.5. The topological polar surface area (TPSA) is 52.6 Å². The first-order chi connectivity index (χ1) is 10.7. The maximum absolute atomic E-state index is 13.2. The quantitative estimate of drug-likeness (QED) is 0.863. The molecule has 6 heteroatoms. The Morgan fingerprint density at radius 3 is 2.70 bits per heavy atom. The lowest BCUT2D eigenvalue weighted by atomic mass is 9.82. The number of benzene rings is 1. The molecule has 0 radical (unpaired) electrons. The lowest BCUT2D eigenvalue weighted by Gasteiger charge is -2.35. The van der Waals surface area contributed by atoms with E-state index in [2.05, 4.69) is 5.32 Å². The van der Waals surface area contributed by atoms with E-state index >= 15 is 0 Å². The van der Waals surface area contributed by atoms with Crippen LogP contribution in [0.5, 0.6) is 0 Å². The van der Waals surface area contributed by atoms with Gasteiger partial charge in [0.05, 0.1) is 6.10 Å². The van der Waals surface area contributed by atoms with Crippen LogP contribution in [-0.4, -0.2) is 42.3 Å². The van der Waals surface area contributed by atoms with Crippen molar-refractivity contribution in [2.24, 2.45) is 5.92 Å². The first kappa shape index (κ1) is 18.0. The normalized spacial score (nSPS) is 20.8. The number of nitrogens with one attached hydrogen (secondary N) is 1. The van der Waals surface area contributed by atoms with E-state index in [1.165, 1.54) is 12.1 Å². The van der Waals surface area contributed by atoms with E-state index in [-0.39, 0.29) is 18.0 Å². The Labute approximate surface area is 141 Å². The molecule has 0 aromatic heterocycles. The van der Waals surface area contributed by atoms with Crippen LogP contribution in [0.2, 0.25) is 5.02 Å². The van der Waals surface area contributed by atoms with E-state index < -0.39 is 5.41 Å². The van der Waals surface area contributed by atoms with E-state index in [9.17, 15) is 14.3 Å². The third kappa shape index (κ3) is 4.58. The largest absolute Gasteiger partial charge is 0.393 e. The molecule has 1 saturated carbocycles. The number of hydrogen-bond acceptors (Lipinski definition) is 2. The van der Waals surface area contributed by atoms with Gasteiger partial charge in [-0.3, -0.25) is 0 Å². The van der Waals surface area contributed by atoms with Gasteiger partial charge in [0.1, 0.15) is 5.82 Å². The van der Waals surface area contributed by atoms with Crippen LogP contribution in [-0.2, 0) is 5.41 Å². The van der Waals surface area contributed by atoms with Crippen LogP contribution in [0.4, 0.5) is 9.18 Å². The van der Waals surface area contributed by atoms with Gasteiger partial charge >= 0.3 is 6.03 Å². The summed E-state index contributed by atoms with van der Waals surface area (Å²) in [6.07, 6.45) is 1.30. The van der Waals surface area contributed by atoms with Crippen LogP contribution >= 0.6 is 11.6 Å². The van der Waals surface area contributed by atoms with Crippen LogP contribution in [0.3, 0.4) is 0 Å². The molecule has 1 aromatic carbocycles. The molecule has 1 fully saturated rings. The van der Waals surface area contributed by atoms with Gasteiger partial charge in [0, 0.05) is 30.6 Å². The number of carbonyl (C=O) groups excluding carboxylic acids is 1. The van der Waals surface area contributed by atoms with E-state index in [0.29, 0.717) is 24.0 Å². The minimum Gasteiger partial charge on any atom is -0.393 e. The van der Waals surface area contributed by atoms with Crippen molar-refractivity contribution in [2.45, 2.75) is 38.2 Å². The molecule has 0 unspecified atom stereocenters. The molecule has 0 heterocycles. The third-order valence-electron chi connectivity index (χ3n) is 4.43. The number of hydrogen-bond donors (Lipinski definition) is 2. The minimum absolute atomic E-state index is 0.155. The Morgan fingerprint density at radius 1 is 1.48 bits per heavy atom. The maximum Gasteiger partial charge on any atom is 0.317 e. The fourth-order valence-corrected chi connectivity index (χ4v) is 3.31. The van der Waals surface area contributed by atoms with Gasteiger partial charge in [0.15, 0.2) is 0 Å². The maximum atomic E-state index is 13.2. The average molecular weight is 343 g/mol. The van der Waals surface area contributed by atoms with Gasteiger partial charge in [-0.25, -0.2) is 9.18 Å². The zero-order chi connectivity index (χ0) is 17.2. The molecule has 0 bridgehead atoms. The van der Waals surface area contributed by atoms with Crippen molar-refractivity contribution < 1.29 is 14.3 Å². The molecule has 0 aliphatic heterocycles. The second-order valence-corrected chi connectivity index (χ2v) is 7.45. The summed E-state index contributed by atoms with van der Waals surface area (Å²) >= 11 is 6.11. The highest BCUT2D eigenvalue weighted by Gasteiger charge is 2.30. The second-order valence-electron chi connectivity index (χ2n) is 7.04. The first-order valence-corrected chi connectivity index (χ1v) is 8.19. The van der Waals surface area contributed by atoms with Crippen molar-refractivity contribution in [1.82, 2.24) is 10.2 Å². The number of carbonyl (C=O) groups is 1. The van der Waals surface area contributed by atoms with E-state index in [0.717, 1.165) is 18.4 Å². The summed E-state index contributed by atoms with van der Waals surface area (Å²) in [6.45, 7) is 4.94. The van der Waals surface area contributed by atoms with Crippen LogP contribution in [0, 0.1) is 11.7 Å². The molecule has 2 N–H and O–H groups in total. The number of amides is 2. The Bertz CT molecular complexity index is 574. The molecular weight excluding hydrogens is 319 g/mol. The Morgan fingerprint density at radius 2 is 2.13 bits per heavy atom. The highest BCUT2D eigenvalue weighted by molar-refractivity contribution is 6.31. The molecule has 0 saturated heterocycles. The zero-order valence-electron chi connectivity index (χ0n) is 13.8. The van der Waals surface area contributed by atoms with Crippen LogP contribution in [0.1, 0.15) is 32.3 Å². The summed E-state index contributed by atoms with van der Waals surface area (Å²) in [5, 5.41) is 12.6. The molecule has 4 nitrogen and oxygen atoms in total. The lowest BCUT2D eigenvalue weighted by molar-refractivity contribution is 0.0324. The number of urea groups is 1. The van der Waals surface area contributed by atoms with Crippen molar-refractivity contribution >= 4 is 17.6 Å². The second kappa shape index (κ2) is 7.05. The number of rotatable bonds is 5. The van der Waals surface area contributed by atoms with Crippen molar-refractivity contribution in [1.29, 1.82) is 0 Å². The minimum atomic E-state index is -0.409. The Hall–Kier alpha value is -1.33. The van der Waals surface area contributed by atoms with Gasteiger partial charge in [0.25, 0.3) is 0 Å². The van der Waals surface area contributed by atoms with Crippen molar-refractivity contribution in [3.8, 4) is 0 Å². The number of halogens is 2. The Balaban J connectivity index is 1.89. The van der Waals surface area contributed by atoms with Crippen LogP contribution < -0.4 is 5.32 Å². The van der Waals surface area contributed by atoms with E-state index in [1.807, 2.05) is 13.8 Å². The molecule has 0 spiro atoms. The molecule has 1 aliphatic carbocycles. The standard InChI is InChI=1S/C17H24ClFN2O2/c1-17(2,14-5-4-12(19)8-15(14)18)10-20-16(23)21(3)9-11-6-13(22)7-11/h4-5,8,11,13,22H,6-7,9-10H2,1-3H3,(H,20,23). The van der Waals surface area contributed by atoms with Crippen molar-refractivity contribution in [2.75, 3.05) is 20.1 Å². The molecule has 0 atom stereocenters. The molecule has 1 aromatic rings. The van der Waals surface area contributed by atoms with Gasteiger partial charge < -0.3 is 15.3 Å². The van der Waals surface area contributed by atoms with Gasteiger partial charge in [-0.05, 0) is 36.5 Å². The predicted octanol–water partition coefficient (Wildman–Crippen LogP) is 3.17. The fourth-order valence-electron chi connectivity index (χ4n) is 2.88. The average Bonchev–Trinajstić information content (AvgIpc) is 2.42. The predicted molar refractivity (Wildman–Crippen MR) is 89.2 cm³/mol. The molecule has 23 heavy (non-hydrogen) atoms. The third-order valence-corrected chi connectivity index (χ3v) is 4.74. The van der Waals surface area contributed by atoms with Gasteiger partial charge in [0.2, 0.25) is 0 Å². The summed E-state index contributed by atoms with van der Waals surface area (Å²) in [5.74, 6) is 0.00121. The number of aliphatic hydroxyl groups excluding tert-OH is 1. The molecular formula is C17H24ClFN2O2. The molecule has 128 valence electrons. The van der Waals surface area contributed by atoms with Crippen LogP contribution in [0.25, 0.3) is 0 Å². The number of aliphatic hydroxyl groups is 1. The van der Waals surface area contributed by atoms with Crippen molar-refractivity contribution in [3.05, 3.63) is 34.6 Å². The Kier molecular flexibility index (Phi) is 5.53. The van der Waals surface area contributed by atoms with E-state index in [1.54, 1.807) is 18.0 Å². The molecule has 2 amide bonds. The molecule has 2 rings (SSSR count). The summed E-state index contributed by atoms with van der Waals surface area (Å²) in [6, 6.07) is 4.16. The van der Waals surface area contributed by atoms with Gasteiger partial charge in [-0.1, -0.05) is 31.5 Å². The summed E-state index contributed by atoms with van der Waals surface area (Å²) in [4.78, 5) is 13.8. The summed E-state index contributed by atoms with van der Waals surface area (Å²) in [7, 11) is 1.75. The SMILES string of the molecule is CN(CC1CC(O)C1)C(=O)NCC(C)(C)c1ccc(F)cc1Cl. The van der Waals surface area contributed by atoms with Gasteiger partial charge in [-0.15, -0.1) is 0 Å². The number of nitrogens with zero attached hydrogens (tertiary/aromatic N) is 1. The fraction of sp³-hybridized carbons (Fsp3) is 0.588. The first-order valence-electron chi connectivity index (χ1n) is 7.81. The monoisotopic (exact) mass is 342 g/mol. The van der Waals surface area contributed by atoms with Crippen LogP contribution in [0.15, 0.2) is 18.2 Å². The summed E-state index contributed by atoms with van der Waals surface area (Å²) in [5.41, 5.74) is 0.388. The van der Waals surface area contributed by atoms with Crippen molar-refractivity contribution in [3.63, 3.8) is 0 Å². The highest BCUT2D eigenvalue weighted by Crippen LogP contribution is 2.30. The molecule has 1 aliphatic rings.